The highest BCUT2D eigenvalue weighted by atomic mass is 79.9. The van der Waals surface area contributed by atoms with Crippen molar-refractivity contribution in [2.75, 3.05) is 0 Å². The first-order valence-corrected chi connectivity index (χ1v) is 10.2. The Morgan fingerprint density at radius 2 is 1.28 bits per heavy atom. The Labute approximate surface area is 183 Å². The maximum atomic E-state index is 12.4. The van der Waals surface area contributed by atoms with Gasteiger partial charge in [-0.2, -0.15) is 0 Å². The van der Waals surface area contributed by atoms with Crippen LogP contribution in [0.15, 0.2) is 86.9 Å². The Hall–Kier alpha value is -2.83. The molecular formula is C23H11Br2O4-. The quantitative estimate of drug-likeness (QED) is 0.343. The average Bonchev–Trinajstić information content (AvgIpc) is 3.07. The topological polar surface area (TPSA) is 74.3 Å². The lowest BCUT2D eigenvalue weighted by Gasteiger charge is -2.09. The van der Waals surface area contributed by atoms with Crippen molar-refractivity contribution in [3.8, 4) is 0 Å². The number of hydrogen-bond acceptors (Lipinski definition) is 4. The summed E-state index contributed by atoms with van der Waals surface area (Å²) in [5, 5.41) is 12.4. The summed E-state index contributed by atoms with van der Waals surface area (Å²) in [7, 11) is 0. The van der Waals surface area contributed by atoms with Crippen LogP contribution in [0.2, 0.25) is 0 Å². The number of rotatable bonds is 3. The molecule has 0 bridgehead atoms. The van der Waals surface area contributed by atoms with Gasteiger partial charge in [0.2, 0.25) is 0 Å². The fourth-order valence-electron chi connectivity index (χ4n) is 3.26. The number of allylic oxidation sites excluding steroid dienone is 7. The molecule has 0 aliphatic heterocycles. The van der Waals surface area contributed by atoms with Crippen LogP contribution in [0.4, 0.5) is 0 Å². The van der Waals surface area contributed by atoms with Gasteiger partial charge in [-0.15, -0.1) is 0 Å². The fraction of sp³-hybridized carbons (Fsp3) is 0. The molecular weight excluding hydrogens is 500 g/mol. The van der Waals surface area contributed by atoms with Crippen LogP contribution in [-0.4, -0.2) is 17.3 Å². The van der Waals surface area contributed by atoms with Crippen LogP contribution in [0.3, 0.4) is 0 Å². The zero-order chi connectivity index (χ0) is 20.7. The van der Waals surface area contributed by atoms with Crippen molar-refractivity contribution in [3.05, 3.63) is 109 Å². The van der Waals surface area contributed by atoms with Crippen LogP contribution in [0.5, 0.6) is 0 Å². The zero-order valence-corrected chi connectivity index (χ0v) is 17.9. The molecule has 4 nitrogen and oxygen atoms in total. The third-order valence-electron chi connectivity index (χ3n) is 4.67. The molecule has 0 N–H and O–H groups in total. The molecule has 29 heavy (non-hydrogen) atoms. The first-order chi connectivity index (χ1) is 13.9. The Balaban J connectivity index is 1.53. The molecule has 0 fully saturated rings. The molecule has 4 rings (SSSR count). The van der Waals surface area contributed by atoms with Gasteiger partial charge in [0.15, 0.2) is 17.3 Å². The summed E-state index contributed by atoms with van der Waals surface area (Å²) < 4.78 is 1.46. The van der Waals surface area contributed by atoms with Crippen LogP contribution in [0.1, 0.15) is 36.6 Å². The summed E-state index contributed by atoms with van der Waals surface area (Å²) in [6.07, 6.45) is 7.53. The minimum atomic E-state index is -0.323. The molecule has 0 amide bonds. The van der Waals surface area contributed by atoms with E-state index in [1.54, 1.807) is 42.5 Å². The molecule has 0 saturated heterocycles. The van der Waals surface area contributed by atoms with Gasteiger partial charge in [-0.05, 0) is 48.0 Å². The largest absolute Gasteiger partial charge is 0.872 e. The van der Waals surface area contributed by atoms with Crippen molar-refractivity contribution in [3.63, 3.8) is 0 Å². The molecule has 0 aromatic heterocycles. The van der Waals surface area contributed by atoms with E-state index in [-0.39, 0.29) is 34.3 Å². The van der Waals surface area contributed by atoms with Crippen molar-refractivity contribution in [1.29, 1.82) is 0 Å². The van der Waals surface area contributed by atoms with Crippen molar-refractivity contribution in [2.45, 2.75) is 0 Å². The number of halogens is 2. The Morgan fingerprint density at radius 3 is 1.97 bits per heavy atom. The Morgan fingerprint density at radius 1 is 0.690 bits per heavy atom. The minimum Gasteiger partial charge on any atom is -0.872 e. The molecule has 0 unspecified atom stereocenters. The summed E-state index contributed by atoms with van der Waals surface area (Å²) in [5.41, 5.74) is 1.69. The predicted molar refractivity (Wildman–Crippen MR) is 115 cm³/mol. The lowest BCUT2D eigenvalue weighted by atomic mass is 10.1. The molecule has 6 heteroatoms. The number of fused-ring (bicyclic) bond motifs is 2. The van der Waals surface area contributed by atoms with Gasteiger partial charge in [0.05, 0.1) is 5.57 Å². The van der Waals surface area contributed by atoms with Gasteiger partial charge in [-0.1, -0.05) is 61.9 Å². The molecule has 2 aliphatic rings. The third kappa shape index (κ3) is 3.39. The summed E-state index contributed by atoms with van der Waals surface area (Å²) in [6, 6.07) is 9.93. The summed E-state index contributed by atoms with van der Waals surface area (Å²) in [4.78, 5) is 37.2. The van der Waals surface area contributed by atoms with E-state index in [0.717, 1.165) is 8.95 Å². The SMILES string of the molecule is O=C1C(=CC=CC=CC2=C([O-])c3cc(Br)ccc3C2=O)C(=O)c2cc(Br)ccc21. The average molecular weight is 511 g/mol. The van der Waals surface area contributed by atoms with E-state index in [1.165, 1.54) is 24.3 Å². The Bertz CT molecular complexity index is 1230. The van der Waals surface area contributed by atoms with Crippen LogP contribution >= 0.6 is 31.9 Å². The van der Waals surface area contributed by atoms with Crippen molar-refractivity contribution in [2.24, 2.45) is 0 Å². The van der Waals surface area contributed by atoms with Crippen molar-refractivity contribution in [1.82, 2.24) is 0 Å². The van der Waals surface area contributed by atoms with Gasteiger partial charge in [-0.25, -0.2) is 0 Å². The summed E-state index contributed by atoms with van der Waals surface area (Å²) in [6.45, 7) is 0. The maximum absolute atomic E-state index is 12.4. The number of carbonyl (C=O) groups is 3. The van der Waals surface area contributed by atoms with E-state index in [0.29, 0.717) is 22.3 Å². The highest BCUT2D eigenvalue weighted by molar-refractivity contribution is 9.10. The van der Waals surface area contributed by atoms with E-state index in [1.807, 2.05) is 0 Å². The monoisotopic (exact) mass is 509 g/mol. The molecule has 0 heterocycles. The molecule has 0 radical (unpaired) electrons. The number of ketones is 3. The van der Waals surface area contributed by atoms with Gasteiger partial charge >= 0.3 is 0 Å². The smallest absolute Gasteiger partial charge is 0.197 e. The minimum absolute atomic E-state index is 0.0840. The second-order valence-corrected chi connectivity index (χ2v) is 8.27. The molecule has 2 aromatic rings. The lowest BCUT2D eigenvalue weighted by molar-refractivity contribution is -0.244. The molecule has 0 atom stereocenters. The first kappa shape index (κ1) is 19.5. The van der Waals surface area contributed by atoms with Crippen LogP contribution in [0, 0.1) is 0 Å². The normalized spacial score (nSPS) is 17.3. The molecule has 2 aliphatic carbocycles. The van der Waals surface area contributed by atoms with Crippen LogP contribution < -0.4 is 5.11 Å². The molecule has 0 spiro atoms. The Kier molecular flexibility index (Phi) is 5.06. The van der Waals surface area contributed by atoms with Crippen LogP contribution in [-0.2, 0) is 0 Å². The van der Waals surface area contributed by atoms with Gasteiger partial charge in [-0.3, -0.25) is 14.4 Å². The van der Waals surface area contributed by atoms with Gasteiger partial charge in [0, 0.05) is 31.2 Å². The number of carbonyl (C=O) groups excluding carboxylic acids is 3. The number of benzene rings is 2. The number of hydrogen-bond donors (Lipinski definition) is 0. The highest BCUT2D eigenvalue weighted by Gasteiger charge is 2.32. The van der Waals surface area contributed by atoms with Crippen LogP contribution in [0.25, 0.3) is 5.76 Å². The van der Waals surface area contributed by atoms with Gasteiger partial charge < -0.3 is 5.11 Å². The van der Waals surface area contributed by atoms with Crippen molar-refractivity contribution >= 4 is 55.0 Å². The lowest BCUT2D eigenvalue weighted by Crippen LogP contribution is -2.02. The first-order valence-electron chi connectivity index (χ1n) is 8.58. The van der Waals surface area contributed by atoms with Gasteiger partial charge in [0.1, 0.15) is 0 Å². The highest BCUT2D eigenvalue weighted by Crippen LogP contribution is 2.32. The number of Topliss-reactive ketones (excluding diaryl/α,β-unsaturated/α-hetero) is 3. The predicted octanol–water partition coefficient (Wildman–Crippen LogP) is 4.60. The van der Waals surface area contributed by atoms with E-state index in [2.05, 4.69) is 31.9 Å². The maximum Gasteiger partial charge on any atom is 0.197 e. The van der Waals surface area contributed by atoms with E-state index >= 15 is 0 Å². The van der Waals surface area contributed by atoms with Crippen molar-refractivity contribution < 1.29 is 19.5 Å². The summed E-state index contributed by atoms with van der Waals surface area (Å²) >= 11 is 6.59. The standard InChI is InChI=1S/C23H12Br2O4/c24-12-6-8-14-18(10-12)22(28)16(20(14)26)4-2-1-3-5-17-21(27)15-9-7-13(25)11-19(15)23(17)29/h1-11,28H/p-1. The fourth-order valence-corrected chi connectivity index (χ4v) is 3.98. The summed E-state index contributed by atoms with van der Waals surface area (Å²) in [5.74, 6) is -1.28. The molecule has 0 saturated carbocycles. The van der Waals surface area contributed by atoms with E-state index in [4.69, 9.17) is 0 Å². The zero-order valence-electron chi connectivity index (χ0n) is 14.7. The second kappa shape index (κ2) is 7.54. The molecule has 142 valence electrons. The third-order valence-corrected chi connectivity index (χ3v) is 5.65. The second-order valence-electron chi connectivity index (χ2n) is 6.43. The molecule has 2 aromatic carbocycles. The van der Waals surface area contributed by atoms with E-state index in [9.17, 15) is 19.5 Å². The van der Waals surface area contributed by atoms with Gasteiger partial charge in [0.25, 0.3) is 0 Å². The van der Waals surface area contributed by atoms with E-state index < -0.39 is 0 Å².